The zero-order valence-electron chi connectivity index (χ0n) is 11.8. The molecule has 1 aromatic carbocycles. The first-order valence-electron chi connectivity index (χ1n) is 6.92. The van der Waals surface area contributed by atoms with Crippen LogP contribution in [0, 0.1) is 13.8 Å². The first kappa shape index (κ1) is 13.9. The van der Waals surface area contributed by atoms with E-state index in [-0.39, 0.29) is 12.5 Å². The Bertz CT molecular complexity index is 451. The average Bonchev–Trinajstić information content (AvgIpc) is 2.42. The summed E-state index contributed by atoms with van der Waals surface area (Å²) < 4.78 is 0. The van der Waals surface area contributed by atoms with Crippen LogP contribution in [-0.4, -0.2) is 36.5 Å². The lowest BCUT2D eigenvalue weighted by molar-refractivity contribution is -0.130. The minimum absolute atomic E-state index is 0.0602. The fraction of sp³-hybridized carbons (Fsp3) is 0.533. The summed E-state index contributed by atoms with van der Waals surface area (Å²) in [5.41, 5.74) is 9.15. The van der Waals surface area contributed by atoms with E-state index in [9.17, 15) is 4.79 Å². The molecule has 0 unspecified atom stereocenters. The zero-order valence-corrected chi connectivity index (χ0v) is 11.8. The average molecular weight is 261 g/mol. The molecule has 1 aliphatic rings. The van der Waals surface area contributed by atoms with Gasteiger partial charge in [0.25, 0.3) is 0 Å². The van der Waals surface area contributed by atoms with Crippen LogP contribution in [0.25, 0.3) is 0 Å². The first-order valence-corrected chi connectivity index (χ1v) is 6.92. The molecule has 0 aromatic heterocycles. The van der Waals surface area contributed by atoms with E-state index < -0.39 is 0 Å². The van der Waals surface area contributed by atoms with Gasteiger partial charge in [0.15, 0.2) is 0 Å². The number of hydrogen-bond acceptors (Lipinski definition) is 3. The van der Waals surface area contributed by atoms with Gasteiger partial charge < -0.3 is 16.0 Å². The van der Waals surface area contributed by atoms with Gasteiger partial charge in [-0.3, -0.25) is 4.79 Å². The largest absolute Gasteiger partial charge is 0.382 e. The van der Waals surface area contributed by atoms with E-state index in [0.717, 1.165) is 25.9 Å². The van der Waals surface area contributed by atoms with Crippen LogP contribution in [0.2, 0.25) is 0 Å². The Morgan fingerprint density at radius 2 is 2.05 bits per heavy atom. The molecule has 3 N–H and O–H groups in total. The lowest BCUT2D eigenvalue weighted by Gasteiger charge is -2.33. The predicted octanol–water partition coefficient (Wildman–Crippen LogP) is 1.67. The van der Waals surface area contributed by atoms with E-state index in [1.807, 2.05) is 4.90 Å². The Hall–Kier alpha value is -1.55. The summed E-state index contributed by atoms with van der Waals surface area (Å²) in [5, 5.41) is 3.58. The normalized spacial score (nSPS) is 16.5. The Morgan fingerprint density at radius 3 is 2.63 bits per heavy atom. The smallest absolute Gasteiger partial charge is 0.236 e. The monoisotopic (exact) mass is 261 g/mol. The maximum Gasteiger partial charge on any atom is 0.236 e. The summed E-state index contributed by atoms with van der Waals surface area (Å²) in [6.45, 7) is 5.96. The van der Waals surface area contributed by atoms with Gasteiger partial charge in [-0.25, -0.2) is 0 Å². The van der Waals surface area contributed by atoms with Crippen molar-refractivity contribution in [1.82, 2.24) is 4.90 Å². The van der Waals surface area contributed by atoms with Gasteiger partial charge in [-0.15, -0.1) is 0 Å². The van der Waals surface area contributed by atoms with Crippen LogP contribution in [0.3, 0.4) is 0 Å². The third-order valence-corrected chi connectivity index (χ3v) is 3.76. The molecule has 4 heteroatoms. The Morgan fingerprint density at radius 1 is 1.37 bits per heavy atom. The minimum atomic E-state index is 0.0602. The molecule has 1 saturated heterocycles. The molecule has 0 spiro atoms. The molecule has 0 radical (unpaired) electrons. The van der Waals surface area contributed by atoms with Crippen molar-refractivity contribution in [2.24, 2.45) is 5.73 Å². The number of carbonyl (C=O) groups excluding carboxylic acids is 1. The van der Waals surface area contributed by atoms with Crippen LogP contribution in [0.1, 0.15) is 24.0 Å². The summed E-state index contributed by atoms with van der Waals surface area (Å²) in [5.74, 6) is 0.0602. The highest BCUT2D eigenvalue weighted by Crippen LogP contribution is 2.20. The number of nitrogens with two attached hydrogens (primary N) is 1. The Labute approximate surface area is 115 Å². The molecule has 1 heterocycles. The van der Waals surface area contributed by atoms with E-state index in [2.05, 4.69) is 37.4 Å². The van der Waals surface area contributed by atoms with Crippen molar-refractivity contribution in [3.05, 3.63) is 29.3 Å². The molecule has 0 saturated carbocycles. The van der Waals surface area contributed by atoms with Gasteiger partial charge in [0.05, 0.1) is 6.54 Å². The maximum atomic E-state index is 11.5. The molecule has 1 aliphatic heterocycles. The fourth-order valence-electron chi connectivity index (χ4n) is 2.60. The minimum Gasteiger partial charge on any atom is -0.382 e. The molecular weight excluding hydrogens is 238 g/mol. The standard InChI is InChI=1S/C15H23N3O/c1-11-3-4-14(12(2)9-11)17-13-5-7-18(8-6-13)15(19)10-16/h3-4,9,13,17H,5-8,10,16H2,1-2H3. The Kier molecular flexibility index (Phi) is 4.43. The van der Waals surface area contributed by atoms with Crippen LogP contribution in [-0.2, 0) is 4.79 Å². The first-order chi connectivity index (χ1) is 9.10. The van der Waals surface area contributed by atoms with E-state index in [1.165, 1.54) is 16.8 Å². The number of anilines is 1. The van der Waals surface area contributed by atoms with Crippen molar-refractivity contribution in [2.75, 3.05) is 25.0 Å². The number of rotatable bonds is 3. The molecule has 0 atom stereocenters. The molecule has 4 nitrogen and oxygen atoms in total. The van der Waals surface area contributed by atoms with Crippen molar-refractivity contribution < 1.29 is 4.79 Å². The van der Waals surface area contributed by atoms with Crippen LogP contribution in [0.5, 0.6) is 0 Å². The van der Waals surface area contributed by atoms with Gasteiger partial charge >= 0.3 is 0 Å². The molecule has 104 valence electrons. The van der Waals surface area contributed by atoms with Crippen molar-refractivity contribution in [3.63, 3.8) is 0 Å². The number of nitrogens with zero attached hydrogens (tertiary/aromatic N) is 1. The highest BCUT2D eigenvalue weighted by atomic mass is 16.2. The van der Waals surface area contributed by atoms with E-state index >= 15 is 0 Å². The van der Waals surface area contributed by atoms with Crippen LogP contribution < -0.4 is 11.1 Å². The van der Waals surface area contributed by atoms with Crippen molar-refractivity contribution in [2.45, 2.75) is 32.7 Å². The molecule has 0 aliphatic carbocycles. The van der Waals surface area contributed by atoms with E-state index in [1.54, 1.807) is 0 Å². The van der Waals surface area contributed by atoms with Gasteiger partial charge in [0.2, 0.25) is 5.91 Å². The van der Waals surface area contributed by atoms with Gasteiger partial charge in [-0.05, 0) is 38.3 Å². The van der Waals surface area contributed by atoms with E-state index in [0.29, 0.717) is 6.04 Å². The SMILES string of the molecule is Cc1ccc(NC2CCN(C(=O)CN)CC2)c(C)c1. The molecule has 0 bridgehead atoms. The number of nitrogens with one attached hydrogen (secondary N) is 1. The lowest BCUT2D eigenvalue weighted by atomic mass is 10.0. The van der Waals surface area contributed by atoms with Gasteiger partial charge in [0, 0.05) is 24.8 Å². The maximum absolute atomic E-state index is 11.5. The summed E-state index contributed by atoms with van der Waals surface area (Å²) >= 11 is 0. The molecule has 1 amide bonds. The molecule has 1 aromatic rings. The van der Waals surface area contributed by atoms with Crippen molar-refractivity contribution >= 4 is 11.6 Å². The molecule has 2 rings (SSSR count). The van der Waals surface area contributed by atoms with Gasteiger partial charge in [-0.2, -0.15) is 0 Å². The van der Waals surface area contributed by atoms with Crippen LogP contribution >= 0.6 is 0 Å². The van der Waals surface area contributed by atoms with E-state index in [4.69, 9.17) is 5.73 Å². The van der Waals surface area contributed by atoms with Crippen LogP contribution in [0.15, 0.2) is 18.2 Å². The summed E-state index contributed by atoms with van der Waals surface area (Å²) in [6, 6.07) is 6.91. The topological polar surface area (TPSA) is 58.4 Å². The number of amides is 1. The van der Waals surface area contributed by atoms with Gasteiger partial charge in [0.1, 0.15) is 0 Å². The van der Waals surface area contributed by atoms with Gasteiger partial charge in [-0.1, -0.05) is 17.7 Å². The third-order valence-electron chi connectivity index (χ3n) is 3.76. The second kappa shape index (κ2) is 6.06. The Balaban J connectivity index is 1.90. The number of piperidine rings is 1. The lowest BCUT2D eigenvalue weighted by Crippen LogP contribution is -2.44. The summed E-state index contributed by atoms with van der Waals surface area (Å²) in [4.78, 5) is 13.4. The second-order valence-corrected chi connectivity index (χ2v) is 5.32. The third kappa shape index (κ3) is 3.47. The molecule has 1 fully saturated rings. The number of hydrogen-bond donors (Lipinski definition) is 2. The second-order valence-electron chi connectivity index (χ2n) is 5.32. The molecular formula is C15H23N3O. The highest BCUT2D eigenvalue weighted by Gasteiger charge is 2.21. The van der Waals surface area contributed by atoms with Crippen LogP contribution in [0.4, 0.5) is 5.69 Å². The number of likely N-dealkylation sites (tertiary alicyclic amines) is 1. The zero-order chi connectivity index (χ0) is 13.8. The predicted molar refractivity (Wildman–Crippen MR) is 78.2 cm³/mol. The summed E-state index contributed by atoms with van der Waals surface area (Å²) in [7, 11) is 0. The molecule has 19 heavy (non-hydrogen) atoms. The fourth-order valence-corrected chi connectivity index (χ4v) is 2.60. The quantitative estimate of drug-likeness (QED) is 0.870. The summed E-state index contributed by atoms with van der Waals surface area (Å²) in [6.07, 6.45) is 1.97. The highest BCUT2D eigenvalue weighted by molar-refractivity contribution is 5.78. The van der Waals surface area contributed by atoms with Crippen molar-refractivity contribution in [1.29, 1.82) is 0 Å². The van der Waals surface area contributed by atoms with Crippen molar-refractivity contribution in [3.8, 4) is 0 Å². The number of aryl methyl sites for hydroxylation is 2. The number of benzene rings is 1. The number of carbonyl (C=O) groups is 1.